The SMILES string of the molecule is C[C@@H](NC[C@H](O)CP(=O)(O)CC1CCCCC1)c1ccc(C(=O)[O-])cc1.[Li+]. The van der Waals surface area contributed by atoms with Crippen molar-refractivity contribution in [2.24, 2.45) is 5.92 Å². The molecule has 1 fully saturated rings. The number of carboxylic acid groups (broad SMARTS) is 1. The van der Waals surface area contributed by atoms with E-state index < -0.39 is 19.4 Å². The summed E-state index contributed by atoms with van der Waals surface area (Å²) in [7, 11) is -3.33. The molecule has 1 aromatic rings. The number of benzene rings is 1. The van der Waals surface area contributed by atoms with Gasteiger partial charge in [0.2, 0.25) is 7.37 Å². The van der Waals surface area contributed by atoms with Crippen LogP contribution < -0.4 is 29.3 Å². The monoisotopic (exact) mass is 389 g/mol. The molecular weight excluding hydrogens is 360 g/mol. The number of carboxylic acids is 1. The second kappa shape index (κ2) is 11.4. The maximum Gasteiger partial charge on any atom is 1.00 e. The fourth-order valence-electron chi connectivity index (χ4n) is 3.58. The molecule has 1 unspecified atom stereocenters. The smallest absolute Gasteiger partial charge is 0.545 e. The minimum Gasteiger partial charge on any atom is -0.545 e. The summed E-state index contributed by atoms with van der Waals surface area (Å²) in [6, 6.07) is 6.22. The van der Waals surface area contributed by atoms with E-state index in [1.807, 2.05) is 6.92 Å². The summed E-state index contributed by atoms with van der Waals surface area (Å²) in [6.07, 6.45) is 4.82. The van der Waals surface area contributed by atoms with Gasteiger partial charge in [-0.05, 0) is 36.8 Å². The minimum absolute atomic E-state index is 0. The number of aromatic carboxylic acids is 1. The number of carbonyl (C=O) groups is 1. The number of rotatable bonds is 9. The molecule has 8 heteroatoms. The van der Waals surface area contributed by atoms with Crippen LogP contribution in [0, 0.1) is 5.92 Å². The molecule has 27 heavy (non-hydrogen) atoms. The molecule has 0 spiro atoms. The van der Waals surface area contributed by atoms with Crippen LogP contribution in [0.2, 0.25) is 0 Å². The van der Waals surface area contributed by atoms with Crippen LogP contribution in [0.3, 0.4) is 0 Å². The average Bonchev–Trinajstić information content (AvgIpc) is 2.59. The van der Waals surface area contributed by atoms with Gasteiger partial charge in [0, 0.05) is 18.7 Å². The Hall–Kier alpha value is -0.603. The second-order valence-corrected chi connectivity index (χ2v) is 9.83. The molecule has 3 N–H and O–H groups in total. The third kappa shape index (κ3) is 8.52. The molecule has 1 aliphatic rings. The molecule has 0 heterocycles. The van der Waals surface area contributed by atoms with Gasteiger partial charge in [-0.15, -0.1) is 0 Å². The molecule has 6 nitrogen and oxygen atoms in total. The maximum atomic E-state index is 12.4. The molecule has 0 saturated heterocycles. The standard InChI is InChI=1S/C19H30NO5P.Li/c1-14(16-7-9-17(10-8-16)19(22)23)20-11-18(21)13-26(24,25)12-15-5-3-2-4-6-15;/h7-10,14-15,18,20-21H,2-6,11-13H2,1H3,(H,22,23)(H,24,25);/q;+1/p-1/t14-,18+;/m1./s1. The molecule has 0 aliphatic heterocycles. The van der Waals surface area contributed by atoms with E-state index in [1.54, 1.807) is 12.1 Å². The molecule has 2 rings (SSSR count). The van der Waals surface area contributed by atoms with Gasteiger partial charge in [0.25, 0.3) is 0 Å². The van der Waals surface area contributed by atoms with E-state index in [9.17, 15) is 24.5 Å². The molecule has 0 amide bonds. The van der Waals surface area contributed by atoms with E-state index in [1.165, 1.54) is 18.6 Å². The van der Waals surface area contributed by atoms with Gasteiger partial charge in [-0.3, -0.25) is 4.57 Å². The number of hydrogen-bond donors (Lipinski definition) is 3. The van der Waals surface area contributed by atoms with Gasteiger partial charge in [-0.25, -0.2) is 0 Å². The van der Waals surface area contributed by atoms with Crippen LogP contribution in [-0.2, 0) is 4.57 Å². The van der Waals surface area contributed by atoms with Gasteiger partial charge < -0.3 is 25.2 Å². The van der Waals surface area contributed by atoms with E-state index >= 15 is 0 Å². The number of aliphatic hydroxyl groups is 1. The second-order valence-electron chi connectivity index (χ2n) is 7.41. The average molecular weight is 389 g/mol. The van der Waals surface area contributed by atoms with Gasteiger partial charge in [0.05, 0.1) is 18.2 Å². The normalized spacial score (nSPS) is 19.5. The Bertz CT molecular complexity index is 633. The van der Waals surface area contributed by atoms with Crippen molar-refractivity contribution in [2.75, 3.05) is 18.9 Å². The predicted molar refractivity (Wildman–Crippen MR) is 99.3 cm³/mol. The van der Waals surface area contributed by atoms with Crippen LogP contribution in [0.1, 0.15) is 61.0 Å². The predicted octanol–water partition coefficient (Wildman–Crippen LogP) is -1.08. The summed E-state index contributed by atoms with van der Waals surface area (Å²) in [4.78, 5) is 21.0. The molecule has 1 saturated carbocycles. The van der Waals surface area contributed by atoms with Crippen LogP contribution in [0.15, 0.2) is 24.3 Å². The first kappa shape index (κ1) is 24.4. The fourth-order valence-corrected chi connectivity index (χ4v) is 5.69. The van der Waals surface area contributed by atoms with Crippen LogP contribution in [0.5, 0.6) is 0 Å². The zero-order chi connectivity index (χ0) is 19.2. The number of nitrogens with one attached hydrogen (secondary N) is 1. The van der Waals surface area contributed by atoms with E-state index in [-0.39, 0.29) is 43.2 Å². The first-order valence-corrected chi connectivity index (χ1v) is 11.3. The van der Waals surface area contributed by atoms with Crippen LogP contribution in [-0.4, -0.2) is 40.9 Å². The third-order valence-electron chi connectivity index (χ3n) is 5.07. The van der Waals surface area contributed by atoms with Gasteiger partial charge >= 0.3 is 18.9 Å². The van der Waals surface area contributed by atoms with E-state index in [2.05, 4.69) is 5.32 Å². The van der Waals surface area contributed by atoms with Crippen molar-refractivity contribution in [3.05, 3.63) is 35.4 Å². The van der Waals surface area contributed by atoms with Crippen molar-refractivity contribution < 1.29 is 43.3 Å². The topological polar surface area (TPSA) is 110 Å². The van der Waals surface area contributed by atoms with Crippen molar-refractivity contribution in [1.82, 2.24) is 5.32 Å². The summed E-state index contributed by atoms with van der Waals surface area (Å²) in [5, 5.41) is 24.0. The molecule has 0 bridgehead atoms. The largest absolute Gasteiger partial charge is 1.00 e. The zero-order valence-corrected chi connectivity index (χ0v) is 17.2. The summed E-state index contributed by atoms with van der Waals surface area (Å²) >= 11 is 0. The molecule has 3 atom stereocenters. The van der Waals surface area contributed by atoms with E-state index in [4.69, 9.17) is 0 Å². The molecule has 1 aliphatic carbocycles. The first-order valence-electron chi connectivity index (χ1n) is 9.30. The van der Waals surface area contributed by atoms with Crippen LogP contribution >= 0.6 is 7.37 Å². The minimum atomic E-state index is -3.33. The van der Waals surface area contributed by atoms with Crippen molar-refractivity contribution in [1.29, 1.82) is 0 Å². The fraction of sp³-hybridized carbons (Fsp3) is 0.632. The van der Waals surface area contributed by atoms with Crippen molar-refractivity contribution in [2.45, 2.75) is 51.2 Å². The Morgan fingerprint density at radius 1 is 1.26 bits per heavy atom. The molecule has 0 radical (unpaired) electrons. The molecule has 0 aromatic heterocycles. The molecule has 1 aromatic carbocycles. The van der Waals surface area contributed by atoms with Crippen molar-refractivity contribution >= 4 is 13.3 Å². The summed E-state index contributed by atoms with van der Waals surface area (Å²) < 4.78 is 12.4. The number of hydrogen-bond acceptors (Lipinski definition) is 5. The Labute approximate surface area is 173 Å². The summed E-state index contributed by atoms with van der Waals surface area (Å²) in [5.74, 6) is -0.912. The Morgan fingerprint density at radius 3 is 2.41 bits per heavy atom. The van der Waals surface area contributed by atoms with Crippen molar-refractivity contribution in [3.63, 3.8) is 0 Å². The van der Waals surface area contributed by atoms with Gasteiger partial charge in [-0.1, -0.05) is 43.5 Å². The van der Waals surface area contributed by atoms with E-state index in [0.29, 0.717) is 12.1 Å². The Kier molecular flexibility index (Phi) is 10.3. The number of aliphatic hydroxyl groups excluding tert-OH is 1. The van der Waals surface area contributed by atoms with E-state index in [0.717, 1.165) is 31.2 Å². The Balaban J connectivity index is 0.00000364. The molecule has 146 valence electrons. The maximum absolute atomic E-state index is 12.4. The van der Waals surface area contributed by atoms with Crippen LogP contribution in [0.4, 0.5) is 0 Å². The molecular formula is C19H29LiNO5P. The van der Waals surface area contributed by atoms with Gasteiger partial charge in [0.1, 0.15) is 0 Å². The summed E-state index contributed by atoms with van der Waals surface area (Å²) in [5.41, 5.74) is 0.988. The van der Waals surface area contributed by atoms with Gasteiger partial charge in [-0.2, -0.15) is 0 Å². The third-order valence-corrected chi connectivity index (χ3v) is 7.15. The van der Waals surface area contributed by atoms with Gasteiger partial charge in [0.15, 0.2) is 0 Å². The Morgan fingerprint density at radius 2 is 1.85 bits per heavy atom. The van der Waals surface area contributed by atoms with Crippen LogP contribution in [0.25, 0.3) is 0 Å². The van der Waals surface area contributed by atoms with Crippen molar-refractivity contribution in [3.8, 4) is 0 Å². The number of carbonyl (C=O) groups excluding carboxylic acids is 1. The first-order chi connectivity index (χ1) is 12.3. The zero-order valence-electron chi connectivity index (χ0n) is 16.3. The quantitative estimate of drug-likeness (QED) is 0.366. The summed E-state index contributed by atoms with van der Waals surface area (Å²) in [6.45, 7) is 2.10.